The van der Waals surface area contributed by atoms with Gasteiger partial charge in [0.2, 0.25) is 5.91 Å². The first kappa shape index (κ1) is 9.10. The quantitative estimate of drug-likeness (QED) is 0.549. The Bertz CT molecular complexity index is 389. The number of rotatable bonds is 2. The molecular weight excluding hydrogens is 206 g/mol. The van der Waals surface area contributed by atoms with E-state index in [1.807, 2.05) is 0 Å². The van der Waals surface area contributed by atoms with Crippen molar-refractivity contribution in [1.29, 1.82) is 0 Å². The molecule has 0 radical (unpaired) electrons. The summed E-state index contributed by atoms with van der Waals surface area (Å²) in [6.07, 6.45) is -0.277. The van der Waals surface area contributed by atoms with Crippen LogP contribution in [0, 0.1) is 10.1 Å². The minimum Gasteiger partial charge on any atom is -0.335 e. The topological polar surface area (TPSA) is 84.3 Å². The van der Waals surface area contributed by atoms with Crippen LogP contribution in [0.5, 0.6) is 0 Å². The van der Waals surface area contributed by atoms with Gasteiger partial charge in [-0.25, -0.2) is 0 Å². The maximum absolute atomic E-state index is 10.9. The summed E-state index contributed by atoms with van der Waals surface area (Å²) >= 11 is 1.06. The summed E-state index contributed by atoms with van der Waals surface area (Å²) in [5.41, 5.74) is 0. The van der Waals surface area contributed by atoms with E-state index in [2.05, 4.69) is 10.6 Å². The van der Waals surface area contributed by atoms with Crippen LogP contribution in [0.15, 0.2) is 12.1 Å². The second-order valence-corrected chi connectivity index (χ2v) is 3.91. The molecule has 1 aliphatic heterocycles. The van der Waals surface area contributed by atoms with Crippen LogP contribution in [-0.4, -0.2) is 17.4 Å². The summed E-state index contributed by atoms with van der Waals surface area (Å²) in [4.78, 5) is 21.6. The molecule has 1 aliphatic rings. The Morgan fingerprint density at radius 2 is 2.36 bits per heavy atom. The van der Waals surface area contributed by atoms with Gasteiger partial charge in [0.05, 0.1) is 11.5 Å². The molecule has 1 aromatic rings. The van der Waals surface area contributed by atoms with Crippen molar-refractivity contribution in [2.45, 2.75) is 6.17 Å². The minimum atomic E-state index is -0.440. The molecule has 2 N–H and O–H groups in total. The molecule has 1 saturated heterocycles. The molecule has 0 aliphatic carbocycles. The van der Waals surface area contributed by atoms with Gasteiger partial charge in [0.1, 0.15) is 6.17 Å². The van der Waals surface area contributed by atoms with Crippen molar-refractivity contribution in [2.24, 2.45) is 0 Å². The zero-order valence-corrected chi connectivity index (χ0v) is 7.84. The van der Waals surface area contributed by atoms with E-state index in [0.717, 1.165) is 16.2 Å². The van der Waals surface area contributed by atoms with Gasteiger partial charge in [-0.15, -0.1) is 0 Å². The normalized spacial score (nSPS) is 20.9. The first-order valence-electron chi connectivity index (χ1n) is 3.93. The van der Waals surface area contributed by atoms with E-state index in [0.29, 0.717) is 0 Å². The number of thiophene rings is 1. The van der Waals surface area contributed by atoms with Gasteiger partial charge in [-0.3, -0.25) is 20.2 Å². The molecule has 2 heterocycles. The average molecular weight is 213 g/mol. The monoisotopic (exact) mass is 213 g/mol. The van der Waals surface area contributed by atoms with Crippen LogP contribution in [0.1, 0.15) is 11.0 Å². The molecule has 1 unspecified atom stereocenters. The number of nitrogens with zero attached hydrogens (tertiary/aromatic N) is 1. The van der Waals surface area contributed by atoms with E-state index < -0.39 is 4.92 Å². The number of carbonyl (C=O) groups excluding carboxylic acids is 1. The van der Waals surface area contributed by atoms with Crippen LogP contribution < -0.4 is 10.6 Å². The Hall–Kier alpha value is -1.47. The molecule has 2 rings (SSSR count). The maximum Gasteiger partial charge on any atom is 0.324 e. The van der Waals surface area contributed by atoms with Gasteiger partial charge < -0.3 is 5.32 Å². The number of carbonyl (C=O) groups is 1. The lowest BCUT2D eigenvalue weighted by Crippen LogP contribution is -2.21. The van der Waals surface area contributed by atoms with E-state index in [1.165, 1.54) is 6.07 Å². The van der Waals surface area contributed by atoms with Crippen molar-refractivity contribution in [1.82, 2.24) is 10.6 Å². The highest BCUT2D eigenvalue weighted by Crippen LogP contribution is 2.28. The fourth-order valence-electron chi connectivity index (χ4n) is 1.23. The fraction of sp³-hybridized carbons (Fsp3) is 0.286. The van der Waals surface area contributed by atoms with Gasteiger partial charge in [-0.2, -0.15) is 0 Å². The second-order valence-electron chi connectivity index (χ2n) is 2.81. The largest absolute Gasteiger partial charge is 0.335 e. The Morgan fingerprint density at radius 3 is 2.86 bits per heavy atom. The molecule has 1 fully saturated rings. The van der Waals surface area contributed by atoms with Crippen molar-refractivity contribution in [3.8, 4) is 0 Å². The van der Waals surface area contributed by atoms with Crippen LogP contribution in [0.3, 0.4) is 0 Å². The summed E-state index contributed by atoms with van der Waals surface area (Å²) in [6, 6.07) is 3.08. The van der Waals surface area contributed by atoms with Gasteiger partial charge in [0.25, 0.3) is 0 Å². The van der Waals surface area contributed by atoms with Crippen molar-refractivity contribution in [3.63, 3.8) is 0 Å². The van der Waals surface area contributed by atoms with Crippen molar-refractivity contribution >= 4 is 22.2 Å². The summed E-state index contributed by atoms with van der Waals surface area (Å²) in [6.45, 7) is 0.260. The lowest BCUT2D eigenvalue weighted by molar-refractivity contribution is -0.380. The lowest BCUT2D eigenvalue weighted by atomic mass is 10.4. The number of nitro groups is 1. The molecule has 0 spiro atoms. The van der Waals surface area contributed by atoms with Gasteiger partial charge >= 0.3 is 5.00 Å². The predicted octanol–water partition coefficient (Wildman–Crippen LogP) is 0.374. The summed E-state index contributed by atoms with van der Waals surface area (Å²) in [5, 5.41) is 16.0. The smallest absolute Gasteiger partial charge is 0.324 e. The highest BCUT2D eigenvalue weighted by Gasteiger charge is 2.24. The zero-order valence-electron chi connectivity index (χ0n) is 7.02. The first-order chi connectivity index (χ1) is 6.66. The van der Waals surface area contributed by atoms with E-state index in [9.17, 15) is 14.9 Å². The standard InChI is InChI=1S/C7H7N3O3S/c11-5-3-8-7(9-5)4-1-2-6(14-4)10(12)13/h1-2,7-8H,3H2,(H,9,11). The second kappa shape index (κ2) is 3.35. The highest BCUT2D eigenvalue weighted by atomic mass is 32.1. The number of nitrogens with one attached hydrogen (secondary N) is 2. The Morgan fingerprint density at radius 1 is 1.57 bits per heavy atom. The molecule has 1 aromatic heterocycles. The third kappa shape index (κ3) is 1.59. The van der Waals surface area contributed by atoms with Crippen LogP contribution in [-0.2, 0) is 4.79 Å². The number of amides is 1. The number of hydrogen-bond acceptors (Lipinski definition) is 5. The third-order valence-corrected chi connectivity index (χ3v) is 2.95. The van der Waals surface area contributed by atoms with E-state index >= 15 is 0 Å². The van der Waals surface area contributed by atoms with Crippen LogP contribution in [0.4, 0.5) is 5.00 Å². The highest BCUT2D eigenvalue weighted by molar-refractivity contribution is 7.15. The van der Waals surface area contributed by atoms with E-state index in [1.54, 1.807) is 6.07 Å². The molecule has 6 nitrogen and oxygen atoms in total. The lowest BCUT2D eigenvalue weighted by Gasteiger charge is -2.05. The molecule has 74 valence electrons. The molecule has 0 aromatic carbocycles. The van der Waals surface area contributed by atoms with E-state index in [-0.39, 0.29) is 23.6 Å². The van der Waals surface area contributed by atoms with Gasteiger partial charge in [-0.1, -0.05) is 11.3 Å². The molecule has 0 saturated carbocycles. The molecular formula is C7H7N3O3S. The summed E-state index contributed by atoms with van der Waals surface area (Å²) < 4.78 is 0. The fourth-order valence-corrected chi connectivity index (χ4v) is 2.07. The van der Waals surface area contributed by atoms with Gasteiger partial charge in [0, 0.05) is 10.9 Å². The predicted molar refractivity (Wildman–Crippen MR) is 49.9 cm³/mol. The molecule has 0 bridgehead atoms. The van der Waals surface area contributed by atoms with E-state index in [4.69, 9.17) is 0 Å². The van der Waals surface area contributed by atoms with Crippen LogP contribution in [0.25, 0.3) is 0 Å². The van der Waals surface area contributed by atoms with Crippen LogP contribution >= 0.6 is 11.3 Å². The SMILES string of the molecule is O=C1CNC(c2ccc([N+](=O)[O-])s2)N1. The summed E-state index contributed by atoms with van der Waals surface area (Å²) in [5.74, 6) is -0.0916. The Balaban J connectivity index is 2.17. The number of hydrogen-bond donors (Lipinski definition) is 2. The molecule has 14 heavy (non-hydrogen) atoms. The Labute approximate surface area is 83.1 Å². The summed E-state index contributed by atoms with van der Waals surface area (Å²) in [7, 11) is 0. The third-order valence-electron chi connectivity index (χ3n) is 1.85. The van der Waals surface area contributed by atoms with Crippen molar-refractivity contribution in [2.75, 3.05) is 6.54 Å². The van der Waals surface area contributed by atoms with Gasteiger partial charge in [0.15, 0.2) is 0 Å². The van der Waals surface area contributed by atoms with Crippen LogP contribution in [0.2, 0.25) is 0 Å². The molecule has 1 amide bonds. The maximum atomic E-state index is 10.9. The average Bonchev–Trinajstić information content (AvgIpc) is 2.70. The molecule has 7 heteroatoms. The van der Waals surface area contributed by atoms with Gasteiger partial charge in [-0.05, 0) is 6.07 Å². The minimum absolute atomic E-state index is 0.0861. The first-order valence-corrected chi connectivity index (χ1v) is 4.75. The van der Waals surface area contributed by atoms with Crippen molar-refractivity contribution in [3.05, 3.63) is 27.1 Å². The molecule has 1 atom stereocenters. The zero-order chi connectivity index (χ0) is 10.1. The van der Waals surface area contributed by atoms with Crippen molar-refractivity contribution < 1.29 is 9.72 Å². The Kier molecular flexibility index (Phi) is 2.18.